The van der Waals surface area contributed by atoms with E-state index in [1.807, 2.05) is 71.8 Å². The third kappa shape index (κ3) is 5.34. The highest BCUT2D eigenvalue weighted by molar-refractivity contribution is 6.08. The Morgan fingerprint density at radius 1 is 0.344 bits per heavy atom. The van der Waals surface area contributed by atoms with Crippen molar-refractivity contribution >= 4 is 122 Å². The van der Waals surface area contributed by atoms with Gasteiger partial charge >= 0.3 is 0 Å². The zero-order valence-electron chi connectivity index (χ0n) is 32.2. The van der Waals surface area contributed by atoms with Crippen LogP contribution in [0.2, 0.25) is 0 Å². The summed E-state index contributed by atoms with van der Waals surface area (Å²) in [6.07, 6.45) is 1.84. The Bertz CT molecular complexity index is 3640. The summed E-state index contributed by atoms with van der Waals surface area (Å²) in [6.45, 7) is 0. The number of rotatable bonds is 6. The summed E-state index contributed by atoms with van der Waals surface area (Å²) in [5, 5.41) is 18.2. The average molecular weight is 787 g/mol. The zero-order valence-corrected chi connectivity index (χ0v) is 32.2. The molecule has 13 aromatic rings. The standard InChI is InChI=1S/C52H30N6O3/c1-3-11-33-25-35(19-17-31(33)9-1)57(37-21-23-42-40-13-5-7-15-44(40)59-46(42)27-37)39-29-48-49(53-30-39)50-51(61-48)54-52(56-55-50)58(36-20-18-32-10-2-4-12-34(32)26-36)38-22-24-43-41-14-6-8-16-45(41)60-47(43)28-38/h1-30H. The molecule has 0 aliphatic carbocycles. The summed E-state index contributed by atoms with van der Waals surface area (Å²) >= 11 is 0. The Labute approximate surface area is 346 Å². The first-order chi connectivity index (χ1) is 30.2. The largest absolute Gasteiger partial charge is 0.456 e. The first-order valence-corrected chi connectivity index (χ1v) is 20.0. The van der Waals surface area contributed by atoms with Gasteiger partial charge in [0.15, 0.2) is 11.1 Å². The lowest BCUT2D eigenvalue weighted by molar-refractivity contribution is 0.649. The van der Waals surface area contributed by atoms with E-state index in [4.69, 9.17) is 33.4 Å². The minimum atomic E-state index is 0.321. The van der Waals surface area contributed by atoms with Crippen LogP contribution in [-0.4, -0.2) is 20.2 Å². The molecule has 9 nitrogen and oxygen atoms in total. The van der Waals surface area contributed by atoms with Crippen molar-refractivity contribution in [3.05, 3.63) is 182 Å². The van der Waals surface area contributed by atoms with Crippen molar-refractivity contribution in [3.8, 4) is 0 Å². The number of furan rings is 3. The Kier molecular flexibility index (Phi) is 7.11. The number of benzene rings is 8. The van der Waals surface area contributed by atoms with Crippen LogP contribution in [0, 0.1) is 0 Å². The van der Waals surface area contributed by atoms with Crippen molar-refractivity contribution in [3.63, 3.8) is 0 Å². The smallest absolute Gasteiger partial charge is 0.257 e. The van der Waals surface area contributed by atoms with E-state index in [2.05, 4.69) is 120 Å². The predicted molar refractivity (Wildman–Crippen MR) is 244 cm³/mol. The van der Waals surface area contributed by atoms with Gasteiger partial charge in [0.05, 0.1) is 17.6 Å². The van der Waals surface area contributed by atoms with Crippen molar-refractivity contribution < 1.29 is 13.3 Å². The van der Waals surface area contributed by atoms with Crippen LogP contribution in [0.25, 0.3) is 87.8 Å². The lowest BCUT2D eigenvalue weighted by Crippen LogP contribution is -2.14. The number of hydrogen-bond acceptors (Lipinski definition) is 9. The molecule has 0 radical (unpaired) electrons. The van der Waals surface area contributed by atoms with Gasteiger partial charge in [0.1, 0.15) is 27.8 Å². The molecule has 13 rings (SSSR count). The third-order valence-corrected chi connectivity index (χ3v) is 11.6. The summed E-state index contributed by atoms with van der Waals surface area (Å²) in [6, 6.07) is 60.0. The van der Waals surface area contributed by atoms with Crippen molar-refractivity contribution in [1.29, 1.82) is 0 Å². The van der Waals surface area contributed by atoms with Gasteiger partial charge in [-0.05, 0) is 82.2 Å². The maximum absolute atomic E-state index is 6.57. The summed E-state index contributed by atoms with van der Waals surface area (Å²) in [7, 11) is 0. The average Bonchev–Trinajstić information content (AvgIpc) is 3.99. The lowest BCUT2D eigenvalue weighted by atomic mass is 10.1. The first kappa shape index (κ1) is 33.4. The molecule has 5 heterocycles. The van der Waals surface area contributed by atoms with E-state index in [0.717, 1.165) is 93.9 Å². The summed E-state index contributed by atoms with van der Waals surface area (Å²) in [4.78, 5) is 14.1. The van der Waals surface area contributed by atoms with E-state index in [1.54, 1.807) is 0 Å². The Morgan fingerprint density at radius 3 is 1.48 bits per heavy atom. The van der Waals surface area contributed by atoms with Crippen LogP contribution in [0.5, 0.6) is 0 Å². The van der Waals surface area contributed by atoms with Crippen molar-refractivity contribution in [2.75, 3.05) is 9.80 Å². The highest BCUT2D eigenvalue weighted by atomic mass is 16.3. The number of para-hydroxylation sites is 2. The van der Waals surface area contributed by atoms with Crippen LogP contribution in [0.1, 0.15) is 0 Å². The number of fused-ring (bicyclic) bond motifs is 11. The fourth-order valence-corrected chi connectivity index (χ4v) is 8.70. The van der Waals surface area contributed by atoms with Crippen LogP contribution in [0.4, 0.5) is 34.4 Å². The normalized spacial score (nSPS) is 11.9. The summed E-state index contributed by atoms with van der Waals surface area (Å²) < 4.78 is 19.3. The molecule has 0 fully saturated rings. The van der Waals surface area contributed by atoms with Gasteiger partial charge in [0.2, 0.25) is 0 Å². The van der Waals surface area contributed by atoms with E-state index in [9.17, 15) is 0 Å². The second kappa shape index (κ2) is 13.0. The molecule has 8 aromatic carbocycles. The fourth-order valence-electron chi connectivity index (χ4n) is 8.70. The van der Waals surface area contributed by atoms with Gasteiger partial charge in [-0.15, -0.1) is 10.2 Å². The molecule has 0 atom stereocenters. The number of hydrogen-bond donors (Lipinski definition) is 0. The van der Waals surface area contributed by atoms with E-state index in [1.165, 1.54) is 0 Å². The van der Waals surface area contributed by atoms with Gasteiger partial charge in [-0.25, -0.2) is 4.98 Å². The number of anilines is 6. The minimum absolute atomic E-state index is 0.321. The van der Waals surface area contributed by atoms with Gasteiger partial charge in [-0.3, -0.25) is 4.90 Å². The SMILES string of the molecule is c1ccc2cc(N(c3ccc4c(c3)oc3ccccc34)c3cnc4c(c3)oc3nc(N(c5ccc6ccccc6c5)c5ccc6c(c5)oc5ccccc56)nnc34)ccc2c1. The number of aromatic nitrogens is 4. The van der Waals surface area contributed by atoms with Gasteiger partial charge in [0, 0.05) is 56.8 Å². The molecule has 5 aromatic heterocycles. The van der Waals surface area contributed by atoms with Crippen molar-refractivity contribution in [1.82, 2.24) is 20.2 Å². The highest BCUT2D eigenvalue weighted by Crippen LogP contribution is 2.42. The molecule has 0 N–H and O–H groups in total. The molecule has 0 amide bonds. The van der Waals surface area contributed by atoms with E-state index in [-0.39, 0.29) is 0 Å². The molecule has 0 saturated heterocycles. The van der Waals surface area contributed by atoms with Crippen LogP contribution < -0.4 is 9.80 Å². The van der Waals surface area contributed by atoms with Crippen molar-refractivity contribution in [2.24, 2.45) is 0 Å². The van der Waals surface area contributed by atoms with E-state index >= 15 is 0 Å². The second-order valence-corrected chi connectivity index (χ2v) is 15.2. The fraction of sp³-hybridized carbons (Fsp3) is 0. The predicted octanol–water partition coefficient (Wildman–Crippen LogP) is 14.2. The Hall–Kier alpha value is -8.56. The number of pyridine rings is 1. The molecule has 61 heavy (non-hydrogen) atoms. The van der Waals surface area contributed by atoms with Gasteiger partial charge in [0.25, 0.3) is 11.7 Å². The minimum Gasteiger partial charge on any atom is -0.456 e. The lowest BCUT2D eigenvalue weighted by Gasteiger charge is -2.25. The zero-order chi connectivity index (χ0) is 40.0. The Morgan fingerprint density at radius 2 is 0.836 bits per heavy atom. The molecule has 0 aliphatic rings. The summed E-state index contributed by atoms with van der Waals surface area (Å²) in [5.41, 5.74) is 9.45. The molecule has 0 bridgehead atoms. The van der Waals surface area contributed by atoms with Crippen LogP contribution in [-0.2, 0) is 0 Å². The highest BCUT2D eigenvalue weighted by Gasteiger charge is 2.23. The van der Waals surface area contributed by atoms with Gasteiger partial charge in [-0.2, -0.15) is 4.98 Å². The van der Waals surface area contributed by atoms with Crippen LogP contribution in [0.3, 0.4) is 0 Å². The van der Waals surface area contributed by atoms with Crippen LogP contribution >= 0.6 is 0 Å². The third-order valence-electron chi connectivity index (χ3n) is 11.6. The quantitative estimate of drug-likeness (QED) is 0.163. The monoisotopic (exact) mass is 786 g/mol. The number of nitrogens with zero attached hydrogens (tertiary/aromatic N) is 6. The Balaban J connectivity index is 0.961. The molecule has 0 saturated carbocycles. The second-order valence-electron chi connectivity index (χ2n) is 15.2. The van der Waals surface area contributed by atoms with E-state index in [0.29, 0.717) is 28.3 Å². The molecular formula is C52H30N6O3. The van der Waals surface area contributed by atoms with Gasteiger partial charge < -0.3 is 18.2 Å². The molecule has 0 unspecified atom stereocenters. The molecular weight excluding hydrogens is 757 g/mol. The van der Waals surface area contributed by atoms with E-state index < -0.39 is 0 Å². The van der Waals surface area contributed by atoms with Crippen LogP contribution in [0.15, 0.2) is 195 Å². The molecule has 9 heteroatoms. The van der Waals surface area contributed by atoms with Crippen molar-refractivity contribution in [2.45, 2.75) is 0 Å². The topological polar surface area (TPSA) is 97.5 Å². The maximum Gasteiger partial charge on any atom is 0.257 e. The molecule has 0 aliphatic heterocycles. The first-order valence-electron chi connectivity index (χ1n) is 20.0. The maximum atomic E-state index is 6.57. The molecule has 0 spiro atoms. The van der Waals surface area contributed by atoms with Gasteiger partial charge in [-0.1, -0.05) is 97.1 Å². The summed E-state index contributed by atoms with van der Waals surface area (Å²) in [5.74, 6) is 0.342. The molecule has 286 valence electrons.